The zero-order valence-electron chi connectivity index (χ0n) is 30.6. The van der Waals surface area contributed by atoms with Crippen molar-refractivity contribution >= 4 is 23.9 Å². The zero-order valence-corrected chi connectivity index (χ0v) is 30.6. The Balaban J connectivity index is 0.000000338. The van der Waals surface area contributed by atoms with Crippen LogP contribution in [0.1, 0.15) is 119 Å². The summed E-state index contributed by atoms with van der Waals surface area (Å²) in [5.41, 5.74) is -1.31. The van der Waals surface area contributed by atoms with Crippen LogP contribution in [0.25, 0.3) is 0 Å². The predicted molar refractivity (Wildman–Crippen MR) is 167 cm³/mol. The minimum absolute atomic E-state index is 0.0197. The maximum atomic E-state index is 12.7. The number of rotatable bonds is 9. The highest BCUT2D eigenvalue weighted by atomic mass is 19.4. The maximum absolute atomic E-state index is 12.7. The summed E-state index contributed by atoms with van der Waals surface area (Å²) in [6.07, 6.45) is -14.7. The summed E-state index contributed by atoms with van der Waals surface area (Å²) in [5, 5.41) is 0. The van der Waals surface area contributed by atoms with Gasteiger partial charge in [0.1, 0.15) is 11.7 Å². The molecule has 52 heavy (non-hydrogen) atoms. The molecule has 0 aromatic heterocycles. The molecule has 0 N–H and O–H groups in total. The van der Waals surface area contributed by atoms with Gasteiger partial charge in [0.25, 0.3) is 6.10 Å². The van der Waals surface area contributed by atoms with E-state index >= 15 is 0 Å². The van der Waals surface area contributed by atoms with E-state index in [1.165, 1.54) is 12.8 Å². The van der Waals surface area contributed by atoms with Crippen LogP contribution in [0.3, 0.4) is 0 Å². The molecule has 17 heteroatoms. The minimum Gasteiger partial charge on any atom is -0.459 e. The summed E-state index contributed by atoms with van der Waals surface area (Å²) in [7, 11) is 0. The fourth-order valence-corrected chi connectivity index (χ4v) is 6.69. The van der Waals surface area contributed by atoms with E-state index < -0.39 is 84.2 Å². The van der Waals surface area contributed by atoms with E-state index in [0.29, 0.717) is 6.42 Å². The van der Waals surface area contributed by atoms with Gasteiger partial charge >= 0.3 is 36.2 Å². The molecule has 5 rings (SSSR count). The number of fused-ring (bicyclic) bond motifs is 3. The van der Waals surface area contributed by atoms with Crippen molar-refractivity contribution in [2.45, 2.75) is 180 Å². The Kier molecular flexibility index (Phi) is 12.3. The van der Waals surface area contributed by atoms with E-state index in [2.05, 4.69) is 11.7 Å². The monoisotopic (exact) mass is 760 g/mol. The van der Waals surface area contributed by atoms with Crippen LogP contribution in [0.5, 0.6) is 0 Å². The lowest BCUT2D eigenvalue weighted by atomic mass is 9.85. The Hall–Kier alpha value is -2.66. The number of alkyl halides is 6. The van der Waals surface area contributed by atoms with Crippen LogP contribution in [0.2, 0.25) is 0 Å². The number of esters is 4. The van der Waals surface area contributed by atoms with E-state index in [9.17, 15) is 45.5 Å². The van der Waals surface area contributed by atoms with Gasteiger partial charge in [-0.1, -0.05) is 20.8 Å². The normalized spacial score (nSPS) is 31.4. The Morgan fingerprint density at radius 1 is 0.788 bits per heavy atom. The van der Waals surface area contributed by atoms with Crippen molar-refractivity contribution in [3.05, 3.63) is 0 Å². The third-order valence-electron chi connectivity index (χ3n) is 11.2. The molecule has 2 aliphatic carbocycles. The van der Waals surface area contributed by atoms with Gasteiger partial charge in [-0.25, -0.2) is 4.79 Å². The molecule has 5 fully saturated rings. The molecule has 298 valence electrons. The molecule has 3 aliphatic heterocycles. The SMILES string of the molecule is CCC(C)(C)C(=O)O[C@@H]1C(=O)O[C@@H]2[C@H]3OC4(CCC(C(=O)OC(C(F)(F)F)C(F)(F)F)CC4)O[C@H]3O[C@@H]21.CCC1(OC(=O)C(C)(C)CC)CCCC1. The number of hydrogen-bond donors (Lipinski definition) is 0. The molecule has 0 unspecified atom stereocenters. The van der Waals surface area contributed by atoms with Gasteiger partial charge in [-0.05, 0) is 85.5 Å². The summed E-state index contributed by atoms with van der Waals surface area (Å²) in [6, 6.07) is 0. The summed E-state index contributed by atoms with van der Waals surface area (Å²) in [5.74, 6) is -5.62. The number of ether oxygens (including phenoxy) is 7. The Bertz CT molecular complexity index is 1300. The lowest BCUT2D eigenvalue weighted by Gasteiger charge is -2.36. The first-order valence-corrected chi connectivity index (χ1v) is 17.9. The topological polar surface area (TPSA) is 133 Å². The van der Waals surface area contributed by atoms with Gasteiger partial charge < -0.3 is 33.2 Å². The molecule has 0 aromatic rings. The maximum Gasteiger partial charge on any atom is 0.434 e. The van der Waals surface area contributed by atoms with Gasteiger partial charge in [-0.3, -0.25) is 14.4 Å². The van der Waals surface area contributed by atoms with Crippen molar-refractivity contribution in [1.29, 1.82) is 0 Å². The minimum atomic E-state index is -5.80. The smallest absolute Gasteiger partial charge is 0.434 e. The first-order chi connectivity index (χ1) is 23.9. The summed E-state index contributed by atoms with van der Waals surface area (Å²) >= 11 is 0. The molecule has 0 amide bonds. The van der Waals surface area contributed by atoms with Crippen molar-refractivity contribution in [1.82, 2.24) is 0 Å². The number of carbonyl (C=O) groups excluding carboxylic acids is 4. The Labute approximate surface area is 299 Å². The standard InChI is InChI=1S/C22H26F6O9.C13H24O2/c1-4-19(2,3)18(31)34-12-10-11(32-15(12)30)13-16(33-10)37-20(36-13)7-5-9(6-8-20)14(29)35-17(21(23,24)25)22(26,27)28;1-5-12(3,4)11(14)15-13(6-2)9-7-8-10-13/h9-13,16-17H,4-8H2,1-3H3;5-10H2,1-4H3/t9?,10-,11-,12-,13+,16+,20?;/m0./s1. The van der Waals surface area contributed by atoms with Gasteiger partial charge in [0.2, 0.25) is 6.10 Å². The highest BCUT2D eigenvalue weighted by Crippen LogP contribution is 2.49. The van der Waals surface area contributed by atoms with E-state index in [1.807, 2.05) is 20.8 Å². The lowest BCUT2D eigenvalue weighted by Crippen LogP contribution is -2.47. The third kappa shape index (κ3) is 8.99. The highest BCUT2D eigenvalue weighted by Gasteiger charge is 2.66. The quantitative estimate of drug-likeness (QED) is 0.137. The third-order valence-corrected chi connectivity index (χ3v) is 11.2. The average molecular weight is 761 g/mol. The van der Waals surface area contributed by atoms with Crippen molar-refractivity contribution in [3.63, 3.8) is 0 Å². The highest BCUT2D eigenvalue weighted by molar-refractivity contribution is 5.84. The van der Waals surface area contributed by atoms with Crippen molar-refractivity contribution < 1.29 is 78.7 Å². The molecule has 1 spiro atoms. The largest absolute Gasteiger partial charge is 0.459 e. The summed E-state index contributed by atoms with van der Waals surface area (Å²) < 4.78 is 114. The molecule has 0 aromatic carbocycles. The van der Waals surface area contributed by atoms with Crippen LogP contribution in [-0.4, -0.2) is 84.4 Å². The fourth-order valence-electron chi connectivity index (χ4n) is 6.69. The summed E-state index contributed by atoms with van der Waals surface area (Å²) in [4.78, 5) is 48.9. The molecular formula is C35H50F6O11. The number of hydrogen-bond acceptors (Lipinski definition) is 11. The molecule has 0 radical (unpaired) electrons. The molecular weight excluding hydrogens is 710 g/mol. The number of carbonyl (C=O) groups is 4. The molecule has 11 nitrogen and oxygen atoms in total. The fraction of sp³-hybridized carbons (Fsp3) is 0.886. The predicted octanol–water partition coefficient (Wildman–Crippen LogP) is 7.01. The van der Waals surface area contributed by atoms with Crippen LogP contribution in [-0.2, 0) is 52.3 Å². The average Bonchev–Trinajstić information content (AvgIpc) is 3.81. The molecule has 3 heterocycles. The van der Waals surface area contributed by atoms with Crippen LogP contribution >= 0.6 is 0 Å². The van der Waals surface area contributed by atoms with E-state index in [0.717, 1.165) is 25.7 Å². The van der Waals surface area contributed by atoms with Gasteiger partial charge in [-0.2, -0.15) is 26.3 Å². The van der Waals surface area contributed by atoms with Crippen molar-refractivity contribution in [2.75, 3.05) is 0 Å². The summed E-state index contributed by atoms with van der Waals surface area (Å²) in [6.45, 7) is 13.2. The van der Waals surface area contributed by atoms with E-state index in [4.69, 9.17) is 28.4 Å². The van der Waals surface area contributed by atoms with Crippen molar-refractivity contribution in [2.24, 2.45) is 16.7 Å². The van der Waals surface area contributed by atoms with Gasteiger partial charge in [0.05, 0.1) is 16.7 Å². The first kappa shape index (κ1) is 42.1. The van der Waals surface area contributed by atoms with E-state index in [1.54, 1.807) is 20.8 Å². The van der Waals surface area contributed by atoms with Gasteiger partial charge in [0, 0.05) is 12.8 Å². The molecule has 0 bridgehead atoms. The van der Waals surface area contributed by atoms with E-state index in [-0.39, 0.29) is 42.7 Å². The number of halogens is 6. The van der Waals surface area contributed by atoms with Crippen molar-refractivity contribution in [3.8, 4) is 0 Å². The van der Waals surface area contributed by atoms with Gasteiger partial charge in [0.15, 0.2) is 24.3 Å². The van der Waals surface area contributed by atoms with Crippen LogP contribution in [0, 0.1) is 16.7 Å². The van der Waals surface area contributed by atoms with Crippen LogP contribution in [0.4, 0.5) is 26.3 Å². The lowest BCUT2D eigenvalue weighted by molar-refractivity contribution is -0.315. The Morgan fingerprint density at radius 3 is 1.83 bits per heavy atom. The zero-order chi connectivity index (χ0) is 39.1. The molecule has 5 atom stereocenters. The Morgan fingerprint density at radius 2 is 1.33 bits per heavy atom. The van der Waals surface area contributed by atoms with Crippen LogP contribution < -0.4 is 0 Å². The second-order valence-electron chi connectivity index (χ2n) is 15.6. The van der Waals surface area contributed by atoms with Gasteiger partial charge in [-0.15, -0.1) is 0 Å². The first-order valence-electron chi connectivity index (χ1n) is 17.9. The molecule has 2 saturated carbocycles. The van der Waals surface area contributed by atoms with Crippen LogP contribution in [0.15, 0.2) is 0 Å². The molecule has 3 saturated heterocycles. The molecule has 5 aliphatic rings. The second kappa shape index (κ2) is 15.2. The second-order valence-corrected chi connectivity index (χ2v) is 15.6.